The fraction of sp³-hybridized carbons (Fsp3) is 0.762. The van der Waals surface area contributed by atoms with Crippen molar-refractivity contribution in [2.75, 3.05) is 127 Å². The first-order valence-corrected chi connectivity index (χ1v) is 25.4. The number of carbonyl (C=O) groups is 10. The molecule has 4 rings (SSSR count). The van der Waals surface area contributed by atoms with E-state index in [1.54, 1.807) is 14.7 Å². The second-order valence-corrected chi connectivity index (χ2v) is 18.2. The maximum Gasteiger partial charge on any atom is 0.342 e. The Kier molecular flexibility index (Phi) is 36.1. The molecule has 4 aliphatic rings. The first-order valence-electron chi connectivity index (χ1n) is 22.0. The van der Waals surface area contributed by atoms with Crippen molar-refractivity contribution >= 4 is 94.5 Å². The van der Waals surface area contributed by atoms with E-state index in [4.69, 9.17) is 35.6 Å². The summed E-state index contributed by atoms with van der Waals surface area (Å²) in [5.74, 6) is -3.11. The Hall–Kier alpha value is -4.25. The fourth-order valence-electron chi connectivity index (χ4n) is 6.00. The molecule has 0 aromatic carbocycles. The third-order valence-electron chi connectivity index (χ3n) is 9.78. The lowest BCUT2D eigenvalue weighted by Gasteiger charge is -2.26. The zero-order valence-corrected chi connectivity index (χ0v) is 40.2. The number of carbonyl (C=O) groups excluding carboxylic acids is 8. The number of hydrogen-bond acceptors (Lipinski definition) is 19. The highest BCUT2D eigenvalue weighted by Crippen LogP contribution is 2.14. The molecule has 0 radical (unpaired) electrons. The minimum absolute atomic E-state index is 0. The molecular formula is C42H74N8O16S3. The Morgan fingerprint density at radius 2 is 1.03 bits per heavy atom. The zero-order valence-electron chi connectivity index (χ0n) is 37.7. The number of nitrogens with one attached hydrogen (secondary N) is 2. The molecule has 8 N–H and O–H groups in total. The summed E-state index contributed by atoms with van der Waals surface area (Å²) < 4.78 is 15.6. The highest BCUT2D eigenvalue weighted by molar-refractivity contribution is 8.00. The van der Waals surface area contributed by atoms with Crippen molar-refractivity contribution in [3.8, 4) is 0 Å². The number of nitrogens with zero attached hydrogens (tertiary/aromatic N) is 4. The molecule has 0 bridgehead atoms. The number of rotatable bonds is 25. The van der Waals surface area contributed by atoms with Gasteiger partial charge in [-0.3, -0.25) is 38.4 Å². The van der Waals surface area contributed by atoms with Gasteiger partial charge in [0.2, 0.25) is 29.5 Å². The van der Waals surface area contributed by atoms with Gasteiger partial charge in [0.05, 0.1) is 56.9 Å². The second-order valence-electron chi connectivity index (χ2n) is 14.9. The number of carboxylic acid groups (broad SMARTS) is 2. The Balaban J connectivity index is 0.00000116. The van der Waals surface area contributed by atoms with Crippen LogP contribution in [-0.2, 0) is 67.0 Å². The van der Waals surface area contributed by atoms with Crippen LogP contribution in [0, 0.1) is 0 Å². The number of aliphatic carboxylic acids is 2. The molecule has 0 spiro atoms. The van der Waals surface area contributed by atoms with Gasteiger partial charge in [0.1, 0.15) is 12.1 Å². The zero-order chi connectivity index (χ0) is 49.4. The van der Waals surface area contributed by atoms with Gasteiger partial charge < -0.3 is 66.1 Å². The molecule has 7 amide bonds. The van der Waals surface area contributed by atoms with E-state index in [-0.39, 0.29) is 75.1 Å². The average molecular weight is 1040 g/mol. The number of hydrogen-bond donors (Lipinski definition) is 6. The molecule has 2 unspecified atom stereocenters. The number of amides is 7. The van der Waals surface area contributed by atoms with Gasteiger partial charge in [-0.05, 0) is 19.4 Å². The number of thioether (sulfide) groups is 3. The predicted octanol–water partition coefficient (Wildman–Crippen LogP) is -0.989. The minimum atomic E-state index is -1.25. The van der Waals surface area contributed by atoms with E-state index in [1.807, 2.05) is 0 Å². The van der Waals surface area contributed by atoms with Crippen LogP contribution < -0.4 is 22.1 Å². The highest BCUT2D eigenvalue weighted by Gasteiger charge is 2.33. The molecule has 24 nitrogen and oxygen atoms in total. The number of unbranched alkanes of at least 4 members (excludes halogenated alkanes) is 1. The van der Waals surface area contributed by atoms with Gasteiger partial charge in [-0.1, -0.05) is 21.3 Å². The fourth-order valence-corrected chi connectivity index (χ4v) is 8.16. The molecular weight excluding hydrogens is 969 g/mol. The number of carboxylic acids is 2. The summed E-state index contributed by atoms with van der Waals surface area (Å²) in [5.41, 5.74) is 10.4. The normalized spacial score (nSPS) is 16.4. The lowest BCUT2D eigenvalue weighted by Crippen LogP contribution is -2.49. The standard InChI is InChI=1S/C21H34N4O8S2.C13H18N2O6S.C6H14N2O2.2CH4/c26-17(14-34-11-1-19(28)24-3-7-32-8-4-24)22-13-16(21(30)31)23-18(27)15-35-12-2-20(29)25-5-9-33-10-6-25;16-10(14-4-6-20-7-5-14)3-8-22-9-13(19)21-15-11(17)1-2-12(15)18;7-4-2-1-3-5(8)6(9)10;;/h16H,1-15H2,(H,22,26)(H,23,27)(H,30,31);1-9H2;5H,1-4,7-8H2,(H,9,10);2*1H4. The highest BCUT2D eigenvalue weighted by atomic mass is 32.2. The van der Waals surface area contributed by atoms with Crippen LogP contribution in [0.2, 0.25) is 0 Å². The van der Waals surface area contributed by atoms with Crippen LogP contribution in [0.25, 0.3) is 0 Å². The maximum absolute atomic E-state index is 12.1. The van der Waals surface area contributed by atoms with Crippen molar-refractivity contribution < 1.29 is 77.2 Å². The van der Waals surface area contributed by atoms with Crippen LogP contribution in [0.15, 0.2) is 0 Å². The summed E-state index contributed by atoms with van der Waals surface area (Å²) in [5, 5.41) is 23.1. The van der Waals surface area contributed by atoms with Crippen molar-refractivity contribution in [3.05, 3.63) is 0 Å². The molecule has 4 fully saturated rings. The first-order chi connectivity index (χ1) is 32.1. The molecule has 0 saturated carbocycles. The van der Waals surface area contributed by atoms with E-state index in [9.17, 15) is 53.1 Å². The summed E-state index contributed by atoms with van der Waals surface area (Å²) in [6.45, 7) is 7.12. The topological polar surface area (TPSA) is 337 Å². The van der Waals surface area contributed by atoms with Gasteiger partial charge in [-0.15, -0.1) is 16.8 Å². The van der Waals surface area contributed by atoms with E-state index in [0.717, 1.165) is 12.8 Å². The van der Waals surface area contributed by atoms with Crippen molar-refractivity contribution in [1.82, 2.24) is 30.4 Å². The molecule has 4 saturated heterocycles. The molecule has 0 aromatic heterocycles. The lowest BCUT2D eigenvalue weighted by atomic mass is 10.1. The predicted molar refractivity (Wildman–Crippen MR) is 260 cm³/mol. The van der Waals surface area contributed by atoms with Gasteiger partial charge in [0, 0.05) is 95.2 Å². The summed E-state index contributed by atoms with van der Waals surface area (Å²) in [7, 11) is 0. The van der Waals surface area contributed by atoms with Gasteiger partial charge in [0.25, 0.3) is 11.8 Å². The van der Waals surface area contributed by atoms with E-state index >= 15 is 0 Å². The number of nitrogens with two attached hydrogens (primary N) is 2. The Morgan fingerprint density at radius 1 is 0.623 bits per heavy atom. The Morgan fingerprint density at radius 3 is 1.42 bits per heavy atom. The third kappa shape index (κ3) is 28.9. The lowest BCUT2D eigenvalue weighted by molar-refractivity contribution is -0.195. The van der Waals surface area contributed by atoms with Crippen molar-refractivity contribution in [2.24, 2.45) is 11.5 Å². The smallest absolute Gasteiger partial charge is 0.342 e. The van der Waals surface area contributed by atoms with E-state index < -0.39 is 47.7 Å². The van der Waals surface area contributed by atoms with Crippen molar-refractivity contribution in [2.45, 2.75) is 78.3 Å². The third-order valence-corrected chi connectivity index (χ3v) is 12.6. The van der Waals surface area contributed by atoms with Crippen LogP contribution in [0.5, 0.6) is 0 Å². The monoisotopic (exact) mass is 1040 g/mol. The minimum Gasteiger partial charge on any atom is -0.480 e. The molecule has 4 aliphatic heterocycles. The Labute approximate surface area is 417 Å². The number of imide groups is 1. The molecule has 2 atom stereocenters. The maximum atomic E-state index is 12.1. The molecule has 0 aliphatic carbocycles. The number of morpholine rings is 3. The Bertz CT molecular complexity index is 1600. The van der Waals surface area contributed by atoms with Crippen LogP contribution >= 0.6 is 35.3 Å². The molecule has 396 valence electrons. The number of hydroxylamine groups is 2. The summed E-state index contributed by atoms with van der Waals surface area (Å²) in [6.07, 6.45) is 3.27. The van der Waals surface area contributed by atoms with Crippen molar-refractivity contribution in [3.63, 3.8) is 0 Å². The first kappa shape index (κ1) is 64.8. The second kappa shape index (κ2) is 38.5. The average Bonchev–Trinajstić information content (AvgIpc) is 3.64. The van der Waals surface area contributed by atoms with Crippen LogP contribution in [0.3, 0.4) is 0 Å². The van der Waals surface area contributed by atoms with Gasteiger partial charge in [-0.25, -0.2) is 9.59 Å². The van der Waals surface area contributed by atoms with Crippen LogP contribution in [-0.4, -0.2) is 228 Å². The van der Waals surface area contributed by atoms with Crippen LogP contribution in [0.1, 0.15) is 66.2 Å². The molecule has 27 heteroatoms. The van der Waals surface area contributed by atoms with Crippen molar-refractivity contribution in [1.29, 1.82) is 0 Å². The van der Waals surface area contributed by atoms with E-state index in [2.05, 4.69) is 10.6 Å². The summed E-state index contributed by atoms with van der Waals surface area (Å²) >= 11 is 3.77. The van der Waals surface area contributed by atoms with Crippen LogP contribution in [0.4, 0.5) is 0 Å². The summed E-state index contributed by atoms with van der Waals surface area (Å²) in [4.78, 5) is 126. The van der Waals surface area contributed by atoms with E-state index in [0.29, 0.717) is 133 Å². The quantitative estimate of drug-likeness (QED) is 0.0472. The van der Waals surface area contributed by atoms with Gasteiger partial charge in [-0.2, -0.15) is 23.5 Å². The molecule has 4 heterocycles. The van der Waals surface area contributed by atoms with Gasteiger partial charge >= 0.3 is 17.9 Å². The molecule has 0 aromatic rings. The molecule has 69 heavy (non-hydrogen) atoms. The number of ether oxygens (including phenoxy) is 3. The largest absolute Gasteiger partial charge is 0.480 e. The summed E-state index contributed by atoms with van der Waals surface area (Å²) in [6, 6.07) is -1.97. The van der Waals surface area contributed by atoms with E-state index in [1.165, 1.54) is 35.3 Å². The SMILES string of the molecule is C.C.NCCCCC(N)C(=O)O.O=C(CSCCC(=O)N1CCOCC1)NCC(NC(=O)CSCCC(=O)N1CCOCC1)C(=O)O.O=C(CSCCC(=O)N1CCOCC1)ON1C(=O)CCC1=O. The van der Waals surface area contributed by atoms with Gasteiger partial charge in [0.15, 0.2) is 0 Å².